The summed E-state index contributed by atoms with van der Waals surface area (Å²) in [5.41, 5.74) is 1.29. The molecule has 0 radical (unpaired) electrons. The molecule has 1 aliphatic heterocycles. The van der Waals surface area contributed by atoms with Crippen LogP contribution in [0.3, 0.4) is 0 Å². The number of ether oxygens (including phenoxy) is 2. The first-order valence-electron chi connectivity index (χ1n) is 12.9. The van der Waals surface area contributed by atoms with Crippen LogP contribution in [-0.4, -0.2) is 66.0 Å². The molecule has 0 bridgehead atoms. The molecular weight excluding hydrogens is 456 g/mol. The van der Waals surface area contributed by atoms with Crippen LogP contribution in [0, 0.1) is 0 Å². The lowest BCUT2D eigenvalue weighted by Gasteiger charge is -2.27. The van der Waals surface area contributed by atoms with Gasteiger partial charge in [0.15, 0.2) is 0 Å². The highest BCUT2D eigenvalue weighted by atomic mass is 16.5. The van der Waals surface area contributed by atoms with Crippen molar-refractivity contribution in [3.8, 4) is 11.5 Å². The van der Waals surface area contributed by atoms with Gasteiger partial charge in [-0.2, -0.15) is 0 Å². The van der Waals surface area contributed by atoms with Gasteiger partial charge in [-0.05, 0) is 69.2 Å². The van der Waals surface area contributed by atoms with Crippen molar-refractivity contribution in [1.82, 2.24) is 9.80 Å². The fourth-order valence-electron chi connectivity index (χ4n) is 4.48. The molecule has 36 heavy (non-hydrogen) atoms. The first-order chi connectivity index (χ1) is 17.4. The number of ketones is 1. The molecule has 1 unspecified atom stereocenters. The molecule has 7 heteroatoms. The maximum absolute atomic E-state index is 13.3. The van der Waals surface area contributed by atoms with Gasteiger partial charge in [-0.3, -0.25) is 9.59 Å². The summed E-state index contributed by atoms with van der Waals surface area (Å²) in [6, 6.07) is 13.7. The smallest absolute Gasteiger partial charge is 0.295 e. The fourth-order valence-corrected chi connectivity index (χ4v) is 4.48. The number of nitrogens with zero attached hydrogens (tertiary/aromatic N) is 2. The van der Waals surface area contributed by atoms with Crippen LogP contribution >= 0.6 is 0 Å². The number of carbonyl (C=O) groups is 2. The SMILES string of the molecule is CCCOc1cccc(/C(O)=C2\C(=O)C(=O)N(CCCN(CC)CC)C2c2ccc(OCC)cc2)c1. The number of aliphatic hydroxyl groups excluding tert-OH is 1. The normalized spacial score (nSPS) is 17.1. The zero-order valence-corrected chi connectivity index (χ0v) is 21.8. The van der Waals surface area contributed by atoms with E-state index in [0.717, 1.165) is 38.0 Å². The third-order valence-corrected chi connectivity index (χ3v) is 6.39. The van der Waals surface area contributed by atoms with Crippen LogP contribution in [0.1, 0.15) is 57.7 Å². The van der Waals surface area contributed by atoms with Crippen molar-refractivity contribution in [3.05, 3.63) is 65.2 Å². The monoisotopic (exact) mass is 494 g/mol. The Morgan fingerprint density at radius 2 is 1.69 bits per heavy atom. The third-order valence-electron chi connectivity index (χ3n) is 6.39. The van der Waals surface area contributed by atoms with Crippen LogP contribution in [0.5, 0.6) is 11.5 Å². The molecule has 1 saturated heterocycles. The Kier molecular flexibility index (Phi) is 9.94. The van der Waals surface area contributed by atoms with Gasteiger partial charge in [0.05, 0.1) is 24.8 Å². The quantitative estimate of drug-likeness (QED) is 0.239. The van der Waals surface area contributed by atoms with Crippen LogP contribution in [-0.2, 0) is 9.59 Å². The number of Topliss-reactive ketones (excluding diaryl/α,β-unsaturated/α-hetero) is 1. The van der Waals surface area contributed by atoms with E-state index in [1.54, 1.807) is 23.1 Å². The van der Waals surface area contributed by atoms with Gasteiger partial charge in [-0.1, -0.05) is 45.0 Å². The van der Waals surface area contributed by atoms with Gasteiger partial charge in [-0.15, -0.1) is 0 Å². The van der Waals surface area contributed by atoms with Crippen LogP contribution in [0.4, 0.5) is 0 Å². The fraction of sp³-hybridized carbons (Fsp3) is 0.448. The van der Waals surface area contributed by atoms with Gasteiger partial charge in [-0.25, -0.2) is 0 Å². The van der Waals surface area contributed by atoms with Crippen LogP contribution in [0.25, 0.3) is 5.76 Å². The Morgan fingerprint density at radius 3 is 2.33 bits per heavy atom. The molecule has 1 N–H and O–H groups in total. The second-order valence-electron chi connectivity index (χ2n) is 8.75. The lowest BCUT2D eigenvalue weighted by Crippen LogP contribution is -2.33. The second-order valence-corrected chi connectivity index (χ2v) is 8.75. The minimum atomic E-state index is -0.683. The maximum atomic E-state index is 13.3. The molecule has 0 aromatic heterocycles. The minimum absolute atomic E-state index is 0.0969. The number of aliphatic hydroxyl groups is 1. The number of likely N-dealkylation sites (tertiary alicyclic amines) is 1. The first-order valence-corrected chi connectivity index (χ1v) is 12.9. The van der Waals surface area contributed by atoms with E-state index in [2.05, 4.69) is 18.7 Å². The Morgan fingerprint density at radius 1 is 0.972 bits per heavy atom. The molecule has 194 valence electrons. The van der Waals surface area contributed by atoms with Crippen molar-refractivity contribution in [1.29, 1.82) is 0 Å². The van der Waals surface area contributed by atoms with Gasteiger partial charge in [0.1, 0.15) is 17.3 Å². The zero-order chi connectivity index (χ0) is 26.1. The van der Waals surface area contributed by atoms with Crippen LogP contribution < -0.4 is 9.47 Å². The Labute approximate surface area is 214 Å². The highest BCUT2D eigenvalue weighted by Crippen LogP contribution is 2.40. The van der Waals surface area contributed by atoms with E-state index in [1.165, 1.54) is 0 Å². The number of amides is 1. The lowest BCUT2D eigenvalue weighted by atomic mass is 9.95. The molecule has 1 fully saturated rings. The Balaban J connectivity index is 2.01. The molecular formula is C29H38N2O5. The molecule has 1 heterocycles. The summed E-state index contributed by atoms with van der Waals surface area (Å²) in [5.74, 6) is -0.143. The highest BCUT2D eigenvalue weighted by molar-refractivity contribution is 6.46. The predicted molar refractivity (Wildman–Crippen MR) is 141 cm³/mol. The minimum Gasteiger partial charge on any atom is -0.507 e. The summed E-state index contributed by atoms with van der Waals surface area (Å²) in [5, 5.41) is 11.3. The summed E-state index contributed by atoms with van der Waals surface area (Å²) >= 11 is 0. The Bertz CT molecular complexity index is 1060. The molecule has 1 amide bonds. The molecule has 0 spiro atoms. The number of carbonyl (C=O) groups excluding carboxylic acids is 2. The van der Waals surface area contributed by atoms with E-state index in [-0.39, 0.29) is 11.3 Å². The molecule has 7 nitrogen and oxygen atoms in total. The van der Waals surface area contributed by atoms with E-state index >= 15 is 0 Å². The summed E-state index contributed by atoms with van der Waals surface area (Å²) in [4.78, 5) is 30.3. The zero-order valence-electron chi connectivity index (χ0n) is 21.8. The predicted octanol–water partition coefficient (Wildman–Crippen LogP) is 5.03. The van der Waals surface area contributed by atoms with E-state index in [1.807, 2.05) is 44.2 Å². The van der Waals surface area contributed by atoms with E-state index in [4.69, 9.17) is 9.47 Å². The summed E-state index contributed by atoms with van der Waals surface area (Å²) < 4.78 is 11.3. The van der Waals surface area contributed by atoms with Gasteiger partial charge in [0.25, 0.3) is 11.7 Å². The third kappa shape index (κ3) is 6.26. The molecule has 0 aliphatic carbocycles. The van der Waals surface area contributed by atoms with Crippen LogP contribution in [0.15, 0.2) is 54.1 Å². The van der Waals surface area contributed by atoms with Gasteiger partial charge in [0.2, 0.25) is 0 Å². The molecule has 2 aromatic carbocycles. The number of hydrogen-bond acceptors (Lipinski definition) is 6. The number of hydrogen-bond donors (Lipinski definition) is 1. The second kappa shape index (κ2) is 13.1. The summed E-state index contributed by atoms with van der Waals surface area (Å²) in [6.45, 7) is 12.3. The highest BCUT2D eigenvalue weighted by Gasteiger charge is 2.45. The molecule has 1 aliphatic rings. The van der Waals surface area contributed by atoms with Crippen molar-refractivity contribution < 1.29 is 24.2 Å². The van der Waals surface area contributed by atoms with Gasteiger partial charge >= 0.3 is 0 Å². The van der Waals surface area contributed by atoms with E-state index in [9.17, 15) is 14.7 Å². The lowest BCUT2D eigenvalue weighted by molar-refractivity contribution is -0.140. The molecule has 2 aromatic rings. The van der Waals surface area contributed by atoms with Crippen molar-refractivity contribution in [3.63, 3.8) is 0 Å². The molecule has 0 saturated carbocycles. The summed E-state index contributed by atoms with van der Waals surface area (Å²) in [6.07, 6.45) is 1.58. The number of benzene rings is 2. The van der Waals surface area contributed by atoms with Crippen molar-refractivity contribution in [2.75, 3.05) is 39.4 Å². The van der Waals surface area contributed by atoms with E-state index < -0.39 is 17.7 Å². The van der Waals surface area contributed by atoms with Gasteiger partial charge in [0, 0.05) is 12.1 Å². The maximum Gasteiger partial charge on any atom is 0.295 e. The van der Waals surface area contributed by atoms with E-state index in [0.29, 0.717) is 36.8 Å². The largest absolute Gasteiger partial charge is 0.507 e. The topological polar surface area (TPSA) is 79.3 Å². The first kappa shape index (κ1) is 27.3. The van der Waals surface area contributed by atoms with Crippen molar-refractivity contribution in [2.45, 2.75) is 46.6 Å². The molecule has 1 atom stereocenters. The summed E-state index contributed by atoms with van der Waals surface area (Å²) in [7, 11) is 0. The Hall–Kier alpha value is -3.32. The standard InChI is InChI=1S/C29H38N2O5/c1-5-19-36-24-12-9-11-22(20-24)27(32)25-26(21-13-15-23(16-14-21)35-8-4)31(29(34)28(25)33)18-10-17-30(6-2)7-3/h9,11-16,20,26,32H,5-8,10,17-19H2,1-4H3/b27-25+. The average molecular weight is 495 g/mol. The average Bonchev–Trinajstić information content (AvgIpc) is 3.15. The molecule has 3 rings (SSSR count). The van der Waals surface area contributed by atoms with Crippen molar-refractivity contribution in [2.24, 2.45) is 0 Å². The van der Waals surface area contributed by atoms with Crippen LogP contribution in [0.2, 0.25) is 0 Å². The van der Waals surface area contributed by atoms with Crippen molar-refractivity contribution >= 4 is 17.4 Å². The number of rotatable bonds is 13. The van der Waals surface area contributed by atoms with Gasteiger partial charge < -0.3 is 24.4 Å².